The van der Waals surface area contributed by atoms with Gasteiger partial charge in [-0.3, -0.25) is 4.99 Å². The Hall–Kier alpha value is -1.22. The van der Waals surface area contributed by atoms with E-state index in [9.17, 15) is 0 Å². The first-order valence-electron chi connectivity index (χ1n) is 4.90. The lowest BCUT2D eigenvalue weighted by atomic mass is 9.94. The minimum atomic E-state index is -0.0576. The SMILES string of the molecule is CC1(Cc2ccc(Cl)cc2)CN=C(N)N1. The first-order valence-corrected chi connectivity index (χ1v) is 5.28. The molecule has 80 valence electrons. The van der Waals surface area contributed by atoms with Crippen LogP contribution >= 0.6 is 11.6 Å². The van der Waals surface area contributed by atoms with E-state index in [1.54, 1.807) is 0 Å². The second kappa shape index (κ2) is 3.74. The zero-order valence-corrected chi connectivity index (χ0v) is 9.38. The number of hydrogen-bond donors (Lipinski definition) is 2. The van der Waals surface area contributed by atoms with Crippen LogP contribution in [0.25, 0.3) is 0 Å². The van der Waals surface area contributed by atoms with Crippen molar-refractivity contribution in [3.8, 4) is 0 Å². The van der Waals surface area contributed by atoms with Gasteiger partial charge in [0, 0.05) is 5.02 Å². The zero-order chi connectivity index (χ0) is 10.9. The summed E-state index contributed by atoms with van der Waals surface area (Å²) in [5.74, 6) is 0.534. The highest BCUT2D eigenvalue weighted by molar-refractivity contribution is 6.30. The van der Waals surface area contributed by atoms with Crippen LogP contribution in [0.15, 0.2) is 29.3 Å². The minimum Gasteiger partial charge on any atom is -0.370 e. The van der Waals surface area contributed by atoms with E-state index >= 15 is 0 Å². The summed E-state index contributed by atoms with van der Waals surface area (Å²) < 4.78 is 0. The molecule has 0 radical (unpaired) electrons. The van der Waals surface area contributed by atoms with E-state index in [-0.39, 0.29) is 5.54 Å². The van der Waals surface area contributed by atoms with Gasteiger partial charge < -0.3 is 11.1 Å². The molecular formula is C11H14ClN3. The lowest BCUT2D eigenvalue weighted by molar-refractivity contribution is 0.453. The van der Waals surface area contributed by atoms with Gasteiger partial charge in [-0.1, -0.05) is 23.7 Å². The van der Waals surface area contributed by atoms with Crippen LogP contribution in [0.5, 0.6) is 0 Å². The molecule has 3 nitrogen and oxygen atoms in total. The molecule has 1 atom stereocenters. The van der Waals surface area contributed by atoms with Crippen molar-refractivity contribution in [2.24, 2.45) is 10.7 Å². The normalized spacial score (nSPS) is 24.8. The quantitative estimate of drug-likeness (QED) is 0.800. The Balaban J connectivity index is 2.06. The maximum Gasteiger partial charge on any atom is 0.189 e. The predicted molar refractivity (Wildman–Crippen MR) is 63.2 cm³/mol. The third kappa shape index (κ3) is 2.42. The molecule has 0 saturated carbocycles. The third-order valence-electron chi connectivity index (χ3n) is 2.54. The van der Waals surface area contributed by atoms with Gasteiger partial charge >= 0.3 is 0 Å². The molecule has 0 bridgehead atoms. The number of benzene rings is 1. The molecule has 0 aromatic heterocycles. The molecule has 0 spiro atoms. The molecule has 1 unspecified atom stereocenters. The van der Waals surface area contributed by atoms with Crippen molar-refractivity contribution in [3.05, 3.63) is 34.9 Å². The molecule has 1 heterocycles. The van der Waals surface area contributed by atoms with Gasteiger partial charge in [0.2, 0.25) is 0 Å². The Morgan fingerprint density at radius 3 is 2.67 bits per heavy atom. The van der Waals surface area contributed by atoms with Gasteiger partial charge in [-0.05, 0) is 31.0 Å². The lowest BCUT2D eigenvalue weighted by Gasteiger charge is -2.24. The van der Waals surface area contributed by atoms with Crippen molar-refractivity contribution < 1.29 is 0 Å². The molecule has 4 heteroatoms. The Kier molecular flexibility index (Phi) is 2.57. The number of nitrogens with zero attached hydrogens (tertiary/aromatic N) is 1. The molecular weight excluding hydrogens is 210 g/mol. The molecule has 15 heavy (non-hydrogen) atoms. The summed E-state index contributed by atoms with van der Waals surface area (Å²) in [7, 11) is 0. The topological polar surface area (TPSA) is 50.4 Å². The molecule has 1 aliphatic heterocycles. The summed E-state index contributed by atoms with van der Waals surface area (Å²) in [6, 6.07) is 7.87. The number of aliphatic imine (C=N–C) groups is 1. The first kappa shape index (κ1) is 10.3. The molecule has 0 amide bonds. The van der Waals surface area contributed by atoms with Crippen LogP contribution in [0.1, 0.15) is 12.5 Å². The van der Waals surface area contributed by atoms with Crippen LogP contribution < -0.4 is 11.1 Å². The van der Waals surface area contributed by atoms with E-state index in [4.69, 9.17) is 17.3 Å². The standard InChI is InChI=1S/C11H14ClN3/c1-11(7-14-10(13)15-11)6-8-2-4-9(12)5-3-8/h2-5H,6-7H2,1H3,(H3,13,14,15). The van der Waals surface area contributed by atoms with Gasteiger partial charge in [0.15, 0.2) is 5.96 Å². The fourth-order valence-electron chi connectivity index (χ4n) is 1.80. The predicted octanol–water partition coefficient (Wildman–Crippen LogP) is 1.56. The average molecular weight is 224 g/mol. The van der Waals surface area contributed by atoms with Crippen LogP contribution in [-0.4, -0.2) is 18.0 Å². The summed E-state index contributed by atoms with van der Waals surface area (Å²) in [5, 5.41) is 3.95. The van der Waals surface area contributed by atoms with Crippen LogP contribution in [0, 0.1) is 0 Å². The number of guanidine groups is 1. The smallest absolute Gasteiger partial charge is 0.189 e. The molecule has 1 aromatic rings. The summed E-state index contributed by atoms with van der Waals surface area (Å²) in [4.78, 5) is 4.16. The summed E-state index contributed by atoms with van der Waals surface area (Å²) in [6.07, 6.45) is 0.897. The van der Waals surface area contributed by atoms with Gasteiger partial charge in [-0.15, -0.1) is 0 Å². The number of halogens is 1. The van der Waals surface area contributed by atoms with Gasteiger partial charge in [-0.2, -0.15) is 0 Å². The Morgan fingerprint density at radius 2 is 2.13 bits per heavy atom. The van der Waals surface area contributed by atoms with Gasteiger partial charge in [0.05, 0.1) is 12.1 Å². The van der Waals surface area contributed by atoms with E-state index < -0.39 is 0 Å². The highest BCUT2D eigenvalue weighted by atomic mass is 35.5. The molecule has 0 fully saturated rings. The van der Waals surface area contributed by atoms with Crippen LogP contribution in [-0.2, 0) is 6.42 Å². The van der Waals surface area contributed by atoms with E-state index in [2.05, 4.69) is 17.2 Å². The number of hydrogen-bond acceptors (Lipinski definition) is 3. The number of nitrogens with two attached hydrogens (primary N) is 1. The van der Waals surface area contributed by atoms with Crippen molar-refractivity contribution in [1.82, 2.24) is 5.32 Å². The maximum absolute atomic E-state index is 5.83. The summed E-state index contributed by atoms with van der Waals surface area (Å²) >= 11 is 5.83. The largest absolute Gasteiger partial charge is 0.370 e. The highest BCUT2D eigenvalue weighted by Gasteiger charge is 2.29. The first-order chi connectivity index (χ1) is 7.07. The van der Waals surface area contributed by atoms with Crippen molar-refractivity contribution >= 4 is 17.6 Å². The Morgan fingerprint density at radius 1 is 1.47 bits per heavy atom. The molecule has 0 saturated heterocycles. The number of nitrogens with one attached hydrogen (secondary N) is 1. The van der Waals surface area contributed by atoms with E-state index in [1.807, 2.05) is 24.3 Å². The van der Waals surface area contributed by atoms with Crippen molar-refractivity contribution in [2.45, 2.75) is 18.9 Å². The summed E-state index contributed by atoms with van der Waals surface area (Å²) in [5.41, 5.74) is 6.78. The molecule has 1 aromatic carbocycles. The van der Waals surface area contributed by atoms with Crippen molar-refractivity contribution in [3.63, 3.8) is 0 Å². The van der Waals surface area contributed by atoms with E-state index in [0.717, 1.165) is 18.0 Å². The minimum absolute atomic E-state index is 0.0576. The van der Waals surface area contributed by atoms with Gasteiger partial charge in [0.1, 0.15) is 0 Å². The fourth-order valence-corrected chi connectivity index (χ4v) is 1.93. The molecule has 3 N–H and O–H groups in total. The highest BCUT2D eigenvalue weighted by Crippen LogP contribution is 2.18. The van der Waals surface area contributed by atoms with Crippen molar-refractivity contribution in [2.75, 3.05) is 6.54 Å². The van der Waals surface area contributed by atoms with E-state index in [0.29, 0.717) is 5.96 Å². The maximum atomic E-state index is 5.83. The van der Waals surface area contributed by atoms with Gasteiger partial charge in [-0.25, -0.2) is 0 Å². The lowest BCUT2D eigenvalue weighted by Crippen LogP contribution is -2.47. The molecule has 0 aliphatic carbocycles. The molecule has 1 aliphatic rings. The van der Waals surface area contributed by atoms with Crippen molar-refractivity contribution in [1.29, 1.82) is 0 Å². The second-order valence-corrected chi connectivity index (χ2v) is 4.63. The fraction of sp³-hybridized carbons (Fsp3) is 0.364. The number of rotatable bonds is 2. The third-order valence-corrected chi connectivity index (χ3v) is 2.79. The summed E-state index contributed by atoms with van der Waals surface area (Å²) in [6.45, 7) is 2.84. The monoisotopic (exact) mass is 223 g/mol. The van der Waals surface area contributed by atoms with E-state index in [1.165, 1.54) is 5.56 Å². The Labute approximate surface area is 94.3 Å². The molecule has 2 rings (SSSR count). The average Bonchev–Trinajstić information content (AvgIpc) is 2.50. The second-order valence-electron chi connectivity index (χ2n) is 4.19. The van der Waals surface area contributed by atoms with Gasteiger partial charge in [0.25, 0.3) is 0 Å². The van der Waals surface area contributed by atoms with Crippen LogP contribution in [0.2, 0.25) is 5.02 Å². The van der Waals surface area contributed by atoms with Crippen LogP contribution in [0.3, 0.4) is 0 Å². The Bertz CT molecular complexity index is 385. The van der Waals surface area contributed by atoms with Crippen LogP contribution in [0.4, 0.5) is 0 Å². The zero-order valence-electron chi connectivity index (χ0n) is 8.63.